The number of aliphatic hydroxyl groups excluding tert-OH is 5. The highest BCUT2D eigenvalue weighted by molar-refractivity contribution is 5.76. The number of carbonyl (C=O) groups excluding carboxylic acids is 2. The van der Waals surface area contributed by atoms with Crippen LogP contribution in [0.5, 0.6) is 0 Å². The van der Waals surface area contributed by atoms with Gasteiger partial charge < -0.3 is 45.1 Å². The number of amides is 1. The van der Waals surface area contributed by atoms with E-state index in [1.54, 1.807) is 6.08 Å². The minimum atomic E-state index is -1.60. The first kappa shape index (κ1) is 63.1. The summed E-state index contributed by atoms with van der Waals surface area (Å²) >= 11 is 0. The number of rotatable bonds is 45. The monoisotopic (exact) mass is 958 g/mol. The lowest BCUT2D eigenvalue weighted by Crippen LogP contribution is -2.60. The average molecular weight is 958 g/mol. The summed E-state index contributed by atoms with van der Waals surface area (Å²) < 4.78 is 16.6. The van der Waals surface area contributed by atoms with Gasteiger partial charge >= 0.3 is 5.97 Å². The predicted molar refractivity (Wildman–Crippen MR) is 278 cm³/mol. The second-order valence-electron chi connectivity index (χ2n) is 18.6. The lowest BCUT2D eigenvalue weighted by molar-refractivity contribution is -0.302. The topological polar surface area (TPSA) is 175 Å². The Bertz CT molecular complexity index is 1360. The average Bonchev–Trinajstić information content (AvgIpc) is 3.33. The van der Waals surface area contributed by atoms with E-state index in [4.69, 9.17) is 14.2 Å². The highest BCUT2D eigenvalue weighted by Gasteiger charge is 2.44. The van der Waals surface area contributed by atoms with Crippen LogP contribution in [0.1, 0.15) is 213 Å². The van der Waals surface area contributed by atoms with Gasteiger partial charge in [0.05, 0.1) is 32.0 Å². The Kier molecular flexibility index (Phi) is 43.1. The summed E-state index contributed by atoms with van der Waals surface area (Å²) in [5.41, 5.74) is 0. The molecule has 0 radical (unpaired) electrons. The molecule has 1 aliphatic rings. The fourth-order valence-electron chi connectivity index (χ4n) is 7.99. The van der Waals surface area contributed by atoms with E-state index in [-0.39, 0.29) is 24.9 Å². The summed E-state index contributed by atoms with van der Waals surface area (Å²) in [6, 6.07) is -0.879. The van der Waals surface area contributed by atoms with Crippen molar-refractivity contribution < 1.29 is 49.3 Å². The summed E-state index contributed by atoms with van der Waals surface area (Å²) in [7, 11) is 0. The summed E-state index contributed by atoms with van der Waals surface area (Å²) in [6.07, 6.45) is 50.4. The third-order valence-corrected chi connectivity index (χ3v) is 12.3. The van der Waals surface area contributed by atoms with Crippen LogP contribution in [0, 0.1) is 0 Å². The van der Waals surface area contributed by atoms with Gasteiger partial charge in [0.2, 0.25) is 5.91 Å². The summed E-state index contributed by atoms with van der Waals surface area (Å²) in [6.45, 7) is 3.97. The van der Waals surface area contributed by atoms with Crippen molar-refractivity contribution in [1.82, 2.24) is 5.32 Å². The number of unbranched alkanes of at least 4 members (excludes halogenated alkanes) is 22. The standard InChI is InChI=1S/C57H99NO10/c1-3-5-7-9-11-13-14-15-16-17-18-19-22-25-29-33-37-41-45-53(62)66-46-42-38-34-30-26-23-20-21-24-28-32-36-40-44-52(61)58-49(50(60)43-39-35-31-27-12-10-8-6-4-2)48-67-57-56(65)55(64)54(63)51(47-59)68-57/h4,6,12,16-17,21,24,27,32,36,39,43,49-51,54-57,59-60,63-65H,3,5,7-11,13-15,18-20,22-23,25-26,28-31,33-35,37-38,40-42,44-48H2,1-2H3,(H,58,61)/b6-4+,17-16-,24-21-,27-12+,36-32-,43-39+. The molecule has 0 aromatic heterocycles. The van der Waals surface area contributed by atoms with Gasteiger partial charge in [0.1, 0.15) is 24.4 Å². The van der Waals surface area contributed by atoms with Crippen molar-refractivity contribution in [2.75, 3.05) is 19.8 Å². The van der Waals surface area contributed by atoms with Crippen LogP contribution in [0.25, 0.3) is 0 Å². The molecule has 1 aliphatic heterocycles. The van der Waals surface area contributed by atoms with Crippen molar-refractivity contribution >= 4 is 11.9 Å². The second-order valence-corrected chi connectivity index (χ2v) is 18.6. The van der Waals surface area contributed by atoms with Crippen molar-refractivity contribution in [3.63, 3.8) is 0 Å². The van der Waals surface area contributed by atoms with Crippen LogP contribution in [0.3, 0.4) is 0 Å². The SMILES string of the molecule is C/C=C/CC/C=C/CC/C=C/C(O)C(COC1OC(CO)C(O)C(O)C1O)NC(=O)CC/C=C\C/C=C\CCCCCCCCOC(=O)CCCCCCCCC/C=C\CCCCCCCCC. The Morgan fingerprint density at radius 1 is 0.574 bits per heavy atom. The van der Waals surface area contributed by atoms with Crippen molar-refractivity contribution in [2.45, 2.75) is 256 Å². The molecule has 6 N–H and O–H groups in total. The Morgan fingerprint density at radius 3 is 1.66 bits per heavy atom. The Hall–Kier alpha value is -2.90. The van der Waals surface area contributed by atoms with E-state index in [1.165, 1.54) is 103 Å². The third-order valence-electron chi connectivity index (χ3n) is 12.3. The van der Waals surface area contributed by atoms with E-state index in [1.807, 2.05) is 31.2 Å². The van der Waals surface area contributed by atoms with E-state index >= 15 is 0 Å². The molecule has 1 rings (SSSR count). The maximum Gasteiger partial charge on any atom is 0.305 e. The maximum absolute atomic E-state index is 12.9. The zero-order chi connectivity index (χ0) is 49.6. The molecule has 68 heavy (non-hydrogen) atoms. The van der Waals surface area contributed by atoms with Gasteiger partial charge in [-0.3, -0.25) is 9.59 Å². The first-order valence-electron chi connectivity index (χ1n) is 27.2. The molecule has 7 atom stereocenters. The van der Waals surface area contributed by atoms with Crippen LogP contribution in [0.15, 0.2) is 72.9 Å². The van der Waals surface area contributed by atoms with Crippen LogP contribution in [0.2, 0.25) is 0 Å². The van der Waals surface area contributed by atoms with E-state index in [0.29, 0.717) is 25.9 Å². The molecular weight excluding hydrogens is 859 g/mol. The van der Waals surface area contributed by atoms with Gasteiger partial charge in [-0.25, -0.2) is 0 Å². The van der Waals surface area contributed by atoms with Gasteiger partial charge in [-0.2, -0.15) is 0 Å². The fourth-order valence-corrected chi connectivity index (χ4v) is 7.99. The Labute approximate surface area is 413 Å². The molecule has 11 nitrogen and oxygen atoms in total. The molecule has 7 unspecified atom stereocenters. The zero-order valence-corrected chi connectivity index (χ0v) is 42.8. The third kappa shape index (κ3) is 36.1. The fraction of sp³-hybridized carbons (Fsp3) is 0.754. The van der Waals surface area contributed by atoms with Crippen molar-refractivity contribution in [1.29, 1.82) is 0 Å². The molecule has 1 heterocycles. The normalized spacial score (nSPS) is 20.0. The van der Waals surface area contributed by atoms with Crippen molar-refractivity contribution in [3.8, 4) is 0 Å². The van der Waals surface area contributed by atoms with Crippen LogP contribution < -0.4 is 5.32 Å². The number of esters is 1. The zero-order valence-electron chi connectivity index (χ0n) is 42.8. The smallest absolute Gasteiger partial charge is 0.305 e. The first-order valence-corrected chi connectivity index (χ1v) is 27.2. The number of carbonyl (C=O) groups is 2. The summed E-state index contributed by atoms with van der Waals surface area (Å²) in [4.78, 5) is 25.0. The largest absolute Gasteiger partial charge is 0.466 e. The van der Waals surface area contributed by atoms with Gasteiger partial charge in [0, 0.05) is 12.8 Å². The predicted octanol–water partition coefficient (Wildman–Crippen LogP) is 11.7. The molecule has 0 aromatic carbocycles. The van der Waals surface area contributed by atoms with Crippen molar-refractivity contribution in [3.05, 3.63) is 72.9 Å². The molecule has 0 aromatic rings. The molecule has 1 amide bonds. The Balaban J connectivity index is 2.13. The van der Waals surface area contributed by atoms with Gasteiger partial charge in [-0.05, 0) is 96.8 Å². The van der Waals surface area contributed by atoms with Crippen molar-refractivity contribution in [2.24, 2.45) is 0 Å². The van der Waals surface area contributed by atoms with E-state index in [2.05, 4.69) is 54.8 Å². The number of allylic oxidation sites excluding steroid dienone is 11. The van der Waals surface area contributed by atoms with Crippen LogP contribution in [-0.2, 0) is 23.8 Å². The Morgan fingerprint density at radius 2 is 1.07 bits per heavy atom. The van der Waals surface area contributed by atoms with Crippen LogP contribution in [-0.4, -0.2) is 100 Å². The van der Waals surface area contributed by atoms with Crippen LogP contribution >= 0.6 is 0 Å². The van der Waals surface area contributed by atoms with Gasteiger partial charge in [-0.15, -0.1) is 0 Å². The lowest BCUT2D eigenvalue weighted by atomic mass is 9.99. The summed E-state index contributed by atoms with van der Waals surface area (Å²) in [5.74, 6) is -0.328. The van der Waals surface area contributed by atoms with Gasteiger partial charge in [0.15, 0.2) is 6.29 Å². The highest BCUT2D eigenvalue weighted by Crippen LogP contribution is 2.22. The number of aliphatic hydroxyl groups is 5. The summed E-state index contributed by atoms with van der Waals surface area (Å²) in [5, 5.41) is 53.9. The first-order chi connectivity index (χ1) is 33.2. The molecule has 1 saturated heterocycles. The minimum absolute atomic E-state index is 0.0457. The van der Waals surface area contributed by atoms with E-state index in [0.717, 1.165) is 70.6 Å². The van der Waals surface area contributed by atoms with Gasteiger partial charge in [0.25, 0.3) is 0 Å². The molecular formula is C57H99NO10. The van der Waals surface area contributed by atoms with Crippen LogP contribution in [0.4, 0.5) is 0 Å². The molecule has 0 aliphatic carbocycles. The second kappa shape index (κ2) is 46.5. The highest BCUT2D eigenvalue weighted by atomic mass is 16.7. The van der Waals surface area contributed by atoms with E-state index < -0.39 is 49.5 Å². The molecule has 11 heteroatoms. The molecule has 392 valence electrons. The molecule has 0 saturated carbocycles. The number of nitrogens with one attached hydrogen (secondary N) is 1. The lowest BCUT2D eigenvalue weighted by Gasteiger charge is -2.40. The molecule has 1 fully saturated rings. The molecule has 0 bridgehead atoms. The minimum Gasteiger partial charge on any atom is -0.466 e. The number of hydrogen-bond donors (Lipinski definition) is 6. The maximum atomic E-state index is 12.9. The number of ether oxygens (including phenoxy) is 3. The number of hydrogen-bond acceptors (Lipinski definition) is 10. The molecule has 0 spiro atoms. The van der Waals surface area contributed by atoms with E-state index in [9.17, 15) is 35.1 Å². The quantitative estimate of drug-likeness (QED) is 0.0196. The van der Waals surface area contributed by atoms with Gasteiger partial charge in [-0.1, -0.05) is 176 Å².